The Balaban J connectivity index is 0.592. The van der Waals surface area contributed by atoms with Crippen LogP contribution in [0.5, 0.6) is 0 Å². The molecule has 0 radical (unpaired) electrons. The van der Waals surface area contributed by atoms with Crippen molar-refractivity contribution in [3.8, 4) is 85.4 Å². The molecule has 17 aromatic carbocycles. The number of aromatic nitrogens is 11. The van der Waals surface area contributed by atoms with Crippen LogP contribution in [0, 0.1) is 0 Å². The Bertz CT molecular complexity index is 9150. The molecule has 0 spiro atoms. The van der Waals surface area contributed by atoms with Gasteiger partial charge in [-0.3, -0.25) is 13.7 Å². The quantitative estimate of drug-likeness (QED) is 0.135. The summed E-state index contributed by atoms with van der Waals surface area (Å²) in [5.41, 5.74) is 22.0. The van der Waals surface area contributed by atoms with E-state index >= 15 is 0 Å². The molecule has 0 atom stereocenters. The van der Waals surface area contributed by atoms with E-state index in [-0.39, 0.29) is 0 Å². The van der Waals surface area contributed by atoms with Crippen LogP contribution < -0.4 is 0 Å². The maximum absolute atomic E-state index is 5.64. The zero-order valence-electron chi connectivity index (χ0n) is 65.6. The van der Waals surface area contributed by atoms with Crippen LogP contribution in [0.25, 0.3) is 256 Å². The summed E-state index contributed by atoms with van der Waals surface area (Å²) in [6, 6.07) is 136. The van der Waals surface area contributed by atoms with Gasteiger partial charge in [-0.15, -0.1) is 22.7 Å². The summed E-state index contributed by atoms with van der Waals surface area (Å²) in [5, 5.41) is 19.8. The molecular formula is C110H63N11S2. The maximum Gasteiger partial charge on any atom is 0.238 e. The molecular weight excluding hydrogens is 1540 g/mol. The predicted molar refractivity (Wildman–Crippen MR) is 513 cm³/mol. The lowest BCUT2D eigenvalue weighted by Crippen LogP contribution is -2.07. The second-order valence-electron chi connectivity index (χ2n) is 32.0. The molecule has 0 bridgehead atoms. The van der Waals surface area contributed by atoms with Crippen LogP contribution in [-0.2, 0) is 0 Å². The van der Waals surface area contributed by atoms with Crippen LogP contribution >= 0.6 is 22.7 Å². The van der Waals surface area contributed by atoms with E-state index in [1.807, 2.05) is 17.5 Å². The highest BCUT2D eigenvalue weighted by Gasteiger charge is 2.29. The van der Waals surface area contributed by atoms with E-state index in [2.05, 4.69) is 399 Å². The molecule has 0 saturated carbocycles. The first-order valence-corrected chi connectivity index (χ1v) is 43.1. The highest BCUT2D eigenvalue weighted by Crippen LogP contribution is 2.51. The Morgan fingerprint density at radius 2 is 0.659 bits per heavy atom. The molecule has 0 fully saturated rings. The van der Waals surface area contributed by atoms with Gasteiger partial charge >= 0.3 is 0 Å². The fraction of sp³-hybridized carbons (Fsp3) is 0. The van der Waals surface area contributed by atoms with Crippen LogP contribution in [0.4, 0.5) is 0 Å². The Morgan fingerprint density at radius 1 is 0.211 bits per heavy atom. The number of thiophene rings is 2. The van der Waals surface area contributed by atoms with E-state index in [1.165, 1.54) is 68.2 Å². The third-order valence-electron chi connectivity index (χ3n) is 25.4. The van der Waals surface area contributed by atoms with Crippen LogP contribution in [0.2, 0.25) is 0 Å². The summed E-state index contributed by atoms with van der Waals surface area (Å²) in [5.74, 6) is 3.18. The van der Waals surface area contributed by atoms with Crippen molar-refractivity contribution in [3.05, 3.63) is 382 Å². The van der Waals surface area contributed by atoms with Gasteiger partial charge in [-0.25, -0.2) is 19.9 Å². The number of rotatable bonds is 10. The monoisotopic (exact) mass is 1600 g/mol. The summed E-state index contributed by atoms with van der Waals surface area (Å²) in [7, 11) is 0. The average molecular weight is 1600 g/mol. The van der Waals surface area contributed by atoms with Crippen molar-refractivity contribution in [3.63, 3.8) is 0 Å². The predicted octanol–water partition coefficient (Wildman–Crippen LogP) is 28.9. The average Bonchev–Trinajstić information content (AvgIpc) is 1.54. The van der Waals surface area contributed by atoms with Gasteiger partial charge in [-0.2, -0.15) is 9.97 Å². The van der Waals surface area contributed by atoms with Gasteiger partial charge < -0.3 is 9.13 Å². The molecule has 0 aliphatic heterocycles. The molecule has 570 valence electrons. The number of fused-ring (bicyclic) bond motifs is 27. The summed E-state index contributed by atoms with van der Waals surface area (Å²) in [4.78, 5) is 33.0. The van der Waals surface area contributed by atoms with Crippen molar-refractivity contribution in [1.82, 2.24) is 52.7 Å². The van der Waals surface area contributed by atoms with Gasteiger partial charge in [-0.1, -0.05) is 279 Å². The standard InChI is InChI=1S/C110H63N11S2/c1-3-23-66(24-4-1)100-83-34-9-16-36-88(83)112-109(113-100)120-94-42-22-15-35-84(94)98-99-85-54-51-70(62-97(85)123-104(99)81-33-8-7-32-78(81)101(98)120)65-45-49-68(50-46-65)107-114-106(115-110(116-107)121-93-41-21-13-30-76(93)80-56-55-79-75-29-12-19-39-91(75)118(102(79)103(80)121)71-25-5-2-6-26-71)67-47-43-64(44-48-67)69-52-57-95-86(61-69)77-31-14-20-40-92(77)119(95)108-105-82(59-60-111-108)87-63-72(53-58-96(87)122-105)117-89-37-17-10-27-73(89)74-28-11-18-38-90(74)117/h1-63H. The first-order chi connectivity index (χ1) is 61.0. The van der Waals surface area contributed by atoms with Crippen molar-refractivity contribution in [2.45, 2.75) is 0 Å². The number of hydrogen-bond acceptors (Lipinski definition) is 8. The Morgan fingerprint density at radius 3 is 1.32 bits per heavy atom. The van der Waals surface area contributed by atoms with Gasteiger partial charge in [-0.05, 0) is 119 Å². The normalized spacial score (nSPS) is 12.2. The lowest BCUT2D eigenvalue weighted by molar-refractivity contribution is 0.953. The van der Waals surface area contributed by atoms with Gasteiger partial charge in [0.1, 0.15) is 0 Å². The Kier molecular flexibility index (Phi) is 14.5. The number of nitrogens with zero attached hydrogens (tertiary/aromatic N) is 11. The Hall–Kier alpha value is -16.1. The van der Waals surface area contributed by atoms with Crippen LogP contribution in [0.15, 0.2) is 382 Å². The zero-order chi connectivity index (χ0) is 80.2. The summed E-state index contributed by atoms with van der Waals surface area (Å²) >= 11 is 3.66. The van der Waals surface area contributed by atoms with Gasteiger partial charge in [0.2, 0.25) is 11.9 Å². The van der Waals surface area contributed by atoms with E-state index < -0.39 is 0 Å². The third kappa shape index (κ3) is 10.0. The lowest BCUT2D eigenvalue weighted by atomic mass is 9.98. The van der Waals surface area contributed by atoms with Crippen molar-refractivity contribution >= 4 is 194 Å². The molecule has 0 unspecified atom stereocenters. The molecule has 27 rings (SSSR count). The molecule has 10 heterocycles. The summed E-state index contributed by atoms with van der Waals surface area (Å²) in [6.07, 6.45) is 1.98. The number of hydrogen-bond donors (Lipinski definition) is 0. The van der Waals surface area contributed by atoms with Crippen LogP contribution in [0.1, 0.15) is 0 Å². The molecule has 0 saturated heterocycles. The van der Waals surface area contributed by atoms with Gasteiger partial charge in [0.05, 0.1) is 71.1 Å². The molecule has 13 heteroatoms. The number of benzene rings is 17. The largest absolute Gasteiger partial charge is 0.309 e. The topological polar surface area (TPSA) is 102 Å². The maximum atomic E-state index is 5.64. The van der Waals surface area contributed by atoms with Gasteiger partial charge in [0.15, 0.2) is 17.5 Å². The molecule has 27 aromatic rings. The second kappa shape index (κ2) is 26.2. The molecule has 0 aliphatic rings. The van der Waals surface area contributed by atoms with Crippen molar-refractivity contribution in [2.75, 3.05) is 0 Å². The minimum absolute atomic E-state index is 0.514. The molecule has 0 amide bonds. The van der Waals surface area contributed by atoms with Gasteiger partial charge in [0, 0.05) is 140 Å². The van der Waals surface area contributed by atoms with Crippen LogP contribution in [-0.4, -0.2) is 52.7 Å². The fourth-order valence-corrected chi connectivity index (χ4v) is 22.4. The van der Waals surface area contributed by atoms with E-state index in [9.17, 15) is 0 Å². The van der Waals surface area contributed by atoms with Gasteiger partial charge in [0.25, 0.3) is 0 Å². The smallest absolute Gasteiger partial charge is 0.238 e. The molecule has 10 aromatic heterocycles. The van der Waals surface area contributed by atoms with E-state index in [4.69, 9.17) is 29.9 Å². The highest BCUT2D eigenvalue weighted by atomic mass is 32.1. The van der Waals surface area contributed by atoms with Crippen molar-refractivity contribution in [2.24, 2.45) is 0 Å². The SMILES string of the molecule is c1ccc(-c2nc(-n3c4ccccc4c4c5c6ccc(-c7ccc(-c8nc(-c9ccc(-c%10ccc%11c(c%10)c%10ccccc%10n%11-c%10nccc%11c%10sc%10ccc(-n%12c%13ccccc%13c%13ccccc%13%12)cc%10%11)cc9)nc(-n9c%10ccccc%10c%10ccc%11c%12ccccc%12n(-c%12ccccc%12)c%11c%109)n8)cc7)cc6sc5c5ccccc5c43)nc3ccccc23)cc1. The Labute approximate surface area is 709 Å². The van der Waals surface area contributed by atoms with Crippen LogP contribution in [0.3, 0.4) is 0 Å². The molecule has 0 aliphatic carbocycles. The fourth-order valence-electron chi connectivity index (χ4n) is 20.0. The lowest BCUT2D eigenvalue weighted by Gasteiger charge is -2.13. The van der Waals surface area contributed by atoms with E-state index in [1.54, 1.807) is 11.3 Å². The molecule has 0 N–H and O–H groups in total. The minimum atomic E-state index is 0.514. The third-order valence-corrected chi connectivity index (χ3v) is 27.8. The summed E-state index contributed by atoms with van der Waals surface area (Å²) < 4.78 is 16.6. The number of pyridine rings is 1. The van der Waals surface area contributed by atoms with E-state index in [0.717, 1.165) is 165 Å². The highest BCUT2D eigenvalue weighted by molar-refractivity contribution is 7.27. The first kappa shape index (κ1) is 67.9. The van der Waals surface area contributed by atoms with Crippen molar-refractivity contribution < 1.29 is 0 Å². The minimum Gasteiger partial charge on any atom is -0.309 e. The molecule has 11 nitrogen and oxygen atoms in total. The van der Waals surface area contributed by atoms with Crippen molar-refractivity contribution in [1.29, 1.82) is 0 Å². The zero-order valence-corrected chi connectivity index (χ0v) is 67.2. The van der Waals surface area contributed by atoms with E-state index in [0.29, 0.717) is 23.5 Å². The molecule has 123 heavy (non-hydrogen) atoms. The second-order valence-corrected chi connectivity index (χ2v) is 34.1. The summed E-state index contributed by atoms with van der Waals surface area (Å²) in [6.45, 7) is 0. The first-order valence-electron chi connectivity index (χ1n) is 41.5. The number of para-hydroxylation sites is 8.